The zero-order valence-electron chi connectivity index (χ0n) is 15.3. The Morgan fingerprint density at radius 1 is 1.12 bits per heavy atom. The molecule has 136 valence electrons. The van der Waals surface area contributed by atoms with Gasteiger partial charge in [0.15, 0.2) is 23.0 Å². The second-order valence-corrected chi connectivity index (χ2v) is 7.50. The maximum Gasteiger partial charge on any atom is 0.217 e. The van der Waals surface area contributed by atoms with Crippen molar-refractivity contribution in [3.63, 3.8) is 0 Å². The number of nitrogens with zero attached hydrogens (tertiary/aromatic N) is 1. The fourth-order valence-corrected chi connectivity index (χ4v) is 4.40. The van der Waals surface area contributed by atoms with Crippen LogP contribution in [0.3, 0.4) is 0 Å². The molecule has 4 rings (SSSR count). The molecule has 1 atom stereocenters. The molecule has 26 heavy (non-hydrogen) atoms. The van der Waals surface area contributed by atoms with Gasteiger partial charge in [0.05, 0.1) is 28.3 Å². The van der Waals surface area contributed by atoms with E-state index < -0.39 is 0 Å². The number of likely N-dealkylation sites (N-methyl/N-ethyl adjacent to an activating group) is 1. The minimum absolute atomic E-state index is 0.00196. The lowest BCUT2D eigenvalue weighted by Crippen LogP contribution is -2.52. The van der Waals surface area contributed by atoms with Gasteiger partial charge < -0.3 is 24.2 Å². The third kappa shape index (κ3) is 2.05. The standard InChI is InChI=1S/C20H21NO5/c1-21(2)9-14(23)11-8-13(22)20(26-4)18-16-10(7-12(21)17(11)18)5-6-15(25-3)19(16)24/h5-6,8,12H,7,9H2,1-4H3,(H-,22,24)/p+1. The molecular weight excluding hydrogens is 334 g/mol. The number of methoxy groups -OCH3 is 2. The summed E-state index contributed by atoms with van der Waals surface area (Å²) >= 11 is 0. The number of aromatic hydroxyl groups is 2. The van der Waals surface area contributed by atoms with Crippen LogP contribution in [0.2, 0.25) is 0 Å². The predicted molar refractivity (Wildman–Crippen MR) is 96.1 cm³/mol. The molecule has 2 aromatic rings. The summed E-state index contributed by atoms with van der Waals surface area (Å²) in [5, 5.41) is 21.3. The normalized spacial score (nSPS) is 19.5. The number of Topliss-reactive ketones (excluding diaryl/α,β-unsaturated/α-hetero) is 1. The van der Waals surface area contributed by atoms with Crippen LogP contribution in [0.5, 0.6) is 23.0 Å². The molecule has 0 fully saturated rings. The minimum atomic E-state index is -0.101. The van der Waals surface area contributed by atoms with Crippen molar-refractivity contribution in [1.82, 2.24) is 0 Å². The third-order valence-corrected chi connectivity index (χ3v) is 5.64. The average Bonchev–Trinajstić information content (AvgIpc) is 2.59. The number of hydrogen-bond donors (Lipinski definition) is 2. The van der Waals surface area contributed by atoms with E-state index in [0.29, 0.717) is 39.9 Å². The molecule has 1 unspecified atom stereocenters. The molecule has 2 aromatic carbocycles. The van der Waals surface area contributed by atoms with Gasteiger partial charge in [0.25, 0.3) is 0 Å². The molecule has 0 spiro atoms. The van der Waals surface area contributed by atoms with Crippen molar-refractivity contribution in [2.75, 3.05) is 34.9 Å². The fourth-order valence-electron chi connectivity index (χ4n) is 4.40. The van der Waals surface area contributed by atoms with Gasteiger partial charge in [-0.25, -0.2) is 0 Å². The Labute approximate surface area is 151 Å². The zero-order valence-corrected chi connectivity index (χ0v) is 15.3. The first-order chi connectivity index (χ1) is 12.3. The molecule has 2 aliphatic rings. The van der Waals surface area contributed by atoms with Crippen molar-refractivity contribution in [3.05, 3.63) is 34.9 Å². The first-order valence-corrected chi connectivity index (χ1v) is 8.49. The summed E-state index contributed by atoms with van der Waals surface area (Å²) in [4.78, 5) is 12.8. The quantitative estimate of drug-likeness (QED) is 0.809. The van der Waals surface area contributed by atoms with Crippen LogP contribution in [0.1, 0.15) is 27.5 Å². The number of ether oxygens (including phenoxy) is 2. The highest BCUT2D eigenvalue weighted by Crippen LogP contribution is 2.56. The number of phenolic OH excluding ortho intramolecular Hbond substituents is 2. The fraction of sp³-hybridized carbons (Fsp3) is 0.350. The predicted octanol–water partition coefficient (Wildman–Crippen LogP) is 2.65. The van der Waals surface area contributed by atoms with Gasteiger partial charge in [-0.2, -0.15) is 0 Å². The lowest BCUT2D eigenvalue weighted by Gasteiger charge is -2.45. The van der Waals surface area contributed by atoms with Crippen molar-refractivity contribution in [2.24, 2.45) is 0 Å². The molecular formula is C20H22NO5+. The Balaban J connectivity index is 2.16. The van der Waals surface area contributed by atoms with E-state index in [1.807, 2.05) is 20.2 Å². The number of hydrogen-bond acceptors (Lipinski definition) is 5. The van der Waals surface area contributed by atoms with Crippen molar-refractivity contribution < 1.29 is 29.0 Å². The number of benzene rings is 2. The van der Waals surface area contributed by atoms with E-state index in [0.717, 1.165) is 11.1 Å². The van der Waals surface area contributed by atoms with E-state index in [1.165, 1.54) is 20.3 Å². The molecule has 1 heterocycles. The molecule has 0 saturated heterocycles. The Hall–Kier alpha value is -2.73. The number of carbonyl (C=O) groups excluding carboxylic acids is 1. The van der Waals surface area contributed by atoms with Crippen LogP contribution in [0.15, 0.2) is 18.2 Å². The SMILES string of the molecule is COc1ccc2c(c1O)-c1c(OC)c(O)cc3c1C(C2)[N+](C)(C)CC3=O. The second kappa shape index (κ2) is 5.38. The number of carbonyl (C=O) groups is 1. The maximum absolute atomic E-state index is 12.8. The van der Waals surface area contributed by atoms with E-state index in [4.69, 9.17) is 9.47 Å². The molecule has 0 bridgehead atoms. The summed E-state index contributed by atoms with van der Waals surface area (Å²) in [5.74, 6) is 0.491. The molecule has 6 nitrogen and oxygen atoms in total. The van der Waals surface area contributed by atoms with Crippen LogP contribution >= 0.6 is 0 Å². The van der Waals surface area contributed by atoms with E-state index in [1.54, 1.807) is 6.07 Å². The summed E-state index contributed by atoms with van der Waals surface area (Å²) in [7, 11) is 7.03. The van der Waals surface area contributed by atoms with Gasteiger partial charge >= 0.3 is 0 Å². The Bertz CT molecular complexity index is 948. The van der Waals surface area contributed by atoms with Crippen molar-refractivity contribution in [2.45, 2.75) is 12.5 Å². The number of rotatable bonds is 2. The van der Waals surface area contributed by atoms with Gasteiger partial charge in [-0.3, -0.25) is 4.79 Å². The Morgan fingerprint density at radius 2 is 1.85 bits per heavy atom. The van der Waals surface area contributed by atoms with Gasteiger partial charge in [-0.15, -0.1) is 0 Å². The Morgan fingerprint density at radius 3 is 2.50 bits per heavy atom. The molecule has 0 saturated carbocycles. The largest absolute Gasteiger partial charge is 0.504 e. The molecule has 6 heteroatoms. The van der Waals surface area contributed by atoms with E-state index >= 15 is 0 Å². The summed E-state index contributed by atoms with van der Waals surface area (Å²) < 4.78 is 11.3. The van der Waals surface area contributed by atoms with Crippen LogP contribution < -0.4 is 9.47 Å². The van der Waals surface area contributed by atoms with Crippen molar-refractivity contribution in [3.8, 4) is 34.1 Å². The van der Waals surface area contributed by atoms with E-state index in [-0.39, 0.29) is 29.1 Å². The number of fused-ring (bicyclic) bond motifs is 2. The third-order valence-electron chi connectivity index (χ3n) is 5.64. The summed E-state index contributed by atoms with van der Waals surface area (Å²) in [6.45, 7) is 0.361. The topological polar surface area (TPSA) is 76.0 Å². The smallest absolute Gasteiger partial charge is 0.217 e. The summed E-state index contributed by atoms with van der Waals surface area (Å²) in [6.07, 6.45) is 0.682. The highest BCUT2D eigenvalue weighted by Gasteiger charge is 2.47. The first-order valence-electron chi connectivity index (χ1n) is 8.49. The number of quaternary nitrogens is 1. The minimum Gasteiger partial charge on any atom is -0.504 e. The van der Waals surface area contributed by atoms with Crippen LogP contribution in [0.4, 0.5) is 0 Å². The lowest BCUT2D eigenvalue weighted by molar-refractivity contribution is -0.914. The second-order valence-electron chi connectivity index (χ2n) is 7.50. The van der Waals surface area contributed by atoms with Gasteiger partial charge in [-0.1, -0.05) is 6.07 Å². The maximum atomic E-state index is 12.8. The van der Waals surface area contributed by atoms with Gasteiger partial charge in [0, 0.05) is 28.7 Å². The van der Waals surface area contributed by atoms with Crippen molar-refractivity contribution >= 4 is 5.78 Å². The van der Waals surface area contributed by atoms with Gasteiger partial charge in [0.1, 0.15) is 12.6 Å². The first kappa shape index (κ1) is 16.7. The van der Waals surface area contributed by atoms with Crippen LogP contribution in [-0.2, 0) is 6.42 Å². The molecule has 1 aliphatic heterocycles. The molecule has 1 aliphatic carbocycles. The van der Waals surface area contributed by atoms with Gasteiger partial charge in [-0.05, 0) is 17.7 Å². The number of phenols is 2. The summed E-state index contributed by atoms with van der Waals surface area (Å²) in [6, 6.07) is 5.20. The molecule has 0 amide bonds. The molecule has 2 N–H and O–H groups in total. The monoisotopic (exact) mass is 356 g/mol. The van der Waals surface area contributed by atoms with Crippen LogP contribution in [0, 0.1) is 0 Å². The van der Waals surface area contributed by atoms with Crippen LogP contribution in [0.25, 0.3) is 11.1 Å². The van der Waals surface area contributed by atoms with Crippen molar-refractivity contribution in [1.29, 1.82) is 0 Å². The molecule has 0 radical (unpaired) electrons. The average molecular weight is 356 g/mol. The number of ketones is 1. The summed E-state index contributed by atoms with van der Waals surface area (Å²) in [5.41, 5.74) is 3.44. The van der Waals surface area contributed by atoms with E-state index in [9.17, 15) is 15.0 Å². The zero-order chi connectivity index (χ0) is 18.8. The Kier molecular flexibility index (Phi) is 3.46. The highest BCUT2D eigenvalue weighted by molar-refractivity contribution is 6.04. The van der Waals surface area contributed by atoms with Crippen LogP contribution in [-0.4, -0.2) is 55.3 Å². The lowest BCUT2D eigenvalue weighted by atomic mass is 9.75. The highest BCUT2D eigenvalue weighted by atomic mass is 16.5. The molecule has 0 aromatic heterocycles. The van der Waals surface area contributed by atoms with E-state index in [2.05, 4.69) is 0 Å². The van der Waals surface area contributed by atoms with Gasteiger partial charge in [0.2, 0.25) is 5.78 Å².